The van der Waals surface area contributed by atoms with Gasteiger partial charge in [0, 0.05) is 18.5 Å². The van der Waals surface area contributed by atoms with Gasteiger partial charge in [0.25, 0.3) is 0 Å². The zero-order valence-corrected chi connectivity index (χ0v) is 12.0. The number of halogens is 1. The van der Waals surface area contributed by atoms with Gasteiger partial charge in [-0.2, -0.15) is 0 Å². The smallest absolute Gasteiger partial charge is 0.323 e. The number of carbonyl (C=O) groups is 1. The summed E-state index contributed by atoms with van der Waals surface area (Å²) >= 11 is 0. The maximum Gasteiger partial charge on any atom is 0.323 e. The molecule has 0 spiro atoms. The fourth-order valence-electron chi connectivity index (χ4n) is 2.38. The highest BCUT2D eigenvalue weighted by Crippen LogP contribution is 2.29. The Labute approximate surface area is 118 Å². The molecule has 5 heteroatoms. The Morgan fingerprint density at radius 3 is 2.95 bits per heavy atom. The van der Waals surface area contributed by atoms with Crippen LogP contribution in [-0.2, 0) is 16.0 Å². The zero-order valence-electron chi connectivity index (χ0n) is 12.0. The second-order valence-electron chi connectivity index (χ2n) is 5.35. The predicted molar refractivity (Wildman–Crippen MR) is 73.2 cm³/mol. The second kappa shape index (κ2) is 6.22. The van der Waals surface area contributed by atoms with E-state index in [1.54, 1.807) is 6.07 Å². The van der Waals surface area contributed by atoms with Crippen molar-refractivity contribution in [2.45, 2.75) is 32.4 Å². The molecule has 0 saturated heterocycles. The van der Waals surface area contributed by atoms with Gasteiger partial charge in [0.1, 0.15) is 23.7 Å². The Kier molecular flexibility index (Phi) is 4.60. The molecule has 0 fully saturated rings. The van der Waals surface area contributed by atoms with Crippen molar-refractivity contribution in [2.24, 2.45) is 5.92 Å². The van der Waals surface area contributed by atoms with Crippen LogP contribution < -0.4 is 10.1 Å². The van der Waals surface area contributed by atoms with Gasteiger partial charge in [0.2, 0.25) is 0 Å². The largest absolute Gasteiger partial charge is 0.488 e. The molecular formula is C15H20FNO3. The summed E-state index contributed by atoms with van der Waals surface area (Å²) in [7, 11) is 1.38. The predicted octanol–water partition coefficient (Wildman–Crippen LogP) is 1.92. The Bertz CT molecular complexity index is 490. The van der Waals surface area contributed by atoms with Gasteiger partial charge in [0.05, 0.1) is 7.11 Å². The molecule has 110 valence electrons. The standard InChI is InChI=1S/C15H20FNO3/c1-9(2)14(15(18)19-3)17-8-12-7-10-6-11(16)4-5-13(10)20-12/h4-6,9,12,14,17H,7-8H2,1-3H3. The van der Waals surface area contributed by atoms with E-state index in [0.29, 0.717) is 13.0 Å². The molecule has 1 heterocycles. The van der Waals surface area contributed by atoms with Gasteiger partial charge in [-0.3, -0.25) is 4.79 Å². The highest BCUT2D eigenvalue weighted by molar-refractivity contribution is 5.75. The van der Waals surface area contributed by atoms with Crippen LogP contribution in [0.4, 0.5) is 4.39 Å². The number of ether oxygens (including phenoxy) is 2. The molecule has 2 rings (SSSR count). The Hall–Kier alpha value is -1.62. The van der Waals surface area contributed by atoms with E-state index in [9.17, 15) is 9.18 Å². The first-order valence-electron chi connectivity index (χ1n) is 6.77. The Morgan fingerprint density at radius 2 is 2.30 bits per heavy atom. The lowest BCUT2D eigenvalue weighted by atomic mass is 10.0. The number of hydrogen-bond donors (Lipinski definition) is 1. The maximum absolute atomic E-state index is 13.1. The minimum Gasteiger partial charge on any atom is -0.488 e. The third-order valence-corrected chi connectivity index (χ3v) is 3.45. The van der Waals surface area contributed by atoms with Gasteiger partial charge in [-0.05, 0) is 24.1 Å². The van der Waals surface area contributed by atoms with Gasteiger partial charge in [-0.1, -0.05) is 13.8 Å². The minimum atomic E-state index is -0.357. The molecule has 20 heavy (non-hydrogen) atoms. The molecular weight excluding hydrogens is 261 g/mol. The number of nitrogens with one attached hydrogen (secondary N) is 1. The van der Waals surface area contributed by atoms with Crippen LogP contribution in [0, 0.1) is 11.7 Å². The van der Waals surface area contributed by atoms with Crippen LogP contribution in [0.3, 0.4) is 0 Å². The van der Waals surface area contributed by atoms with Crippen LogP contribution in [0.1, 0.15) is 19.4 Å². The number of carbonyl (C=O) groups excluding carboxylic acids is 1. The number of rotatable bonds is 5. The molecule has 0 radical (unpaired) electrons. The van der Waals surface area contributed by atoms with Crippen molar-refractivity contribution in [1.29, 1.82) is 0 Å². The molecule has 2 atom stereocenters. The van der Waals surface area contributed by atoms with Crippen LogP contribution in [0.2, 0.25) is 0 Å². The van der Waals surface area contributed by atoms with Gasteiger partial charge >= 0.3 is 5.97 Å². The van der Waals surface area contributed by atoms with E-state index in [0.717, 1.165) is 11.3 Å². The van der Waals surface area contributed by atoms with Crippen molar-refractivity contribution in [1.82, 2.24) is 5.32 Å². The van der Waals surface area contributed by atoms with E-state index in [1.165, 1.54) is 19.2 Å². The van der Waals surface area contributed by atoms with Crippen LogP contribution in [-0.4, -0.2) is 31.8 Å². The van der Waals surface area contributed by atoms with E-state index in [-0.39, 0.29) is 29.9 Å². The fraction of sp³-hybridized carbons (Fsp3) is 0.533. The third kappa shape index (κ3) is 3.28. The lowest BCUT2D eigenvalue weighted by molar-refractivity contribution is -0.144. The highest BCUT2D eigenvalue weighted by Gasteiger charge is 2.27. The molecule has 1 N–H and O–H groups in total. The molecule has 1 aliphatic heterocycles. The summed E-state index contributed by atoms with van der Waals surface area (Å²) in [6.07, 6.45) is 0.559. The lowest BCUT2D eigenvalue weighted by Crippen LogP contribution is -2.45. The molecule has 1 aromatic rings. The summed E-state index contributed by atoms with van der Waals surface area (Å²) in [6.45, 7) is 4.43. The van der Waals surface area contributed by atoms with Crippen molar-refractivity contribution in [3.63, 3.8) is 0 Å². The van der Waals surface area contributed by atoms with E-state index in [4.69, 9.17) is 9.47 Å². The number of fused-ring (bicyclic) bond motifs is 1. The SMILES string of the molecule is COC(=O)C(NCC1Cc2cc(F)ccc2O1)C(C)C. The lowest BCUT2D eigenvalue weighted by Gasteiger charge is -2.21. The van der Waals surface area contributed by atoms with Crippen molar-refractivity contribution in [2.75, 3.05) is 13.7 Å². The van der Waals surface area contributed by atoms with Crippen LogP contribution in [0.15, 0.2) is 18.2 Å². The van der Waals surface area contributed by atoms with E-state index < -0.39 is 0 Å². The quantitative estimate of drug-likeness (QED) is 0.838. The van der Waals surface area contributed by atoms with E-state index in [1.807, 2.05) is 13.8 Å². The van der Waals surface area contributed by atoms with Crippen LogP contribution in [0.5, 0.6) is 5.75 Å². The summed E-state index contributed by atoms with van der Waals surface area (Å²) in [6, 6.07) is 4.17. The first-order valence-corrected chi connectivity index (χ1v) is 6.77. The van der Waals surface area contributed by atoms with Crippen molar-refractivity contribution in [3.8, 4) is 5.75 Å². The molecule has 0 aromatic heterocycles. The summed E-state index contributed by atoms with van der Waals surface area (Å²) in [5.41, 5.74) is 0.871. The van der Waals surface area contributed by atoms with Gasteiger partial charge in [-0.25, -0.2) is 4.39 Å². The summed E-state index contributed by atoms with van der Waals surface area (Å²) in [4.78, 5) is 11.6. The fourth-order valence-corrected chi connectivity index (χ4v) is 2.38. The van der Waals surface area contributed by atoms with Gasteiger partial charge < -0.3 is 14.8 Å². The molecule has 0 saturated carbocycles. The molecule has 0 amide bonds. The number of hydrogen-bond acceptors (Lipinski definition) is 4. The van der Waals surface area contributed by atoms with Gasteiger partial charge in [0.15, 0.2) is 0 Å². The maximum atomic E-state index is 13.1. The molecule has 0 bridgehead atoms. The number of benzene rings is 1. The number of esters is 1. The Morgan fingerprint density at radius 1 is 1.55 bits per heavy atom. The van der Waals surface area contributed by atoms with Gasteiger partial charge in [-0.15, -0.1) is 0 Å². The van der Waals surface area contributed by atoms with Crippen LogP contribution in [0.25, 0.3) is 0 Å². The highest BCUT2D eigenvalue weighted by atomic mass is 19.1. The average molecular weight is 281 g/mol. The van der Waals surface area contributed by atoms with Crippen molar-refractivity contribution in [3.05, 3.63) is 29.6 Å². The van der Waals surface area contributed by atoms with Crippen molar-refractivity contribution < 1.29 is 18.7 Å². The molecule has 1 aliphatic rings. The first kappa shape index (κ1) is 14.8. The average Bonchev–Trinajstić information content (AvgIpc) is 2.79. The molecule has 1 aromatic carbocycles. The first-order chi connectivity index (χ1) is 9.51. The topological polar surface area (TPSA) is 47.6 Å². The molecule has 2 unspecified atom stereocenters. The Balaban J connectivity index is 1.91. The molecule has 4 nitrogen and oxygen atoms in total. The molecule has 0 aliphatic carbocycles. The monoisotopic (exact) mass is 281 g/mol. The second-order valence-corrected chi connectivity index (χ2v) is 5.35. The zero-order chi connectivity index (χ0) is 14.7. The summed E-state index contributed by atoms with van der Waals surface area (Å²) in [5, 5.41) is 3.17. The van der Waals surface area contributed by atoms with Crippen molar-refractivity contribution >= 4 is 5.97 Å². The summed E-state index contributed by atoms with van der Waals surface area (Å²) < 4.78 is 23.6. The summed E-state index contributed by atoms with van der Waals surface area (Å²) in [5.74, 6) is 0.318. The normalized spacial score (nSPS) is 18.6. The van der Waals surface area contributed by atoms with E-state index >= 15 is 0 Å². The van der Waals surface area contributed by atoms with Crippen LogP contribution >= 0.6 is 0 Å². The minimum absolute atomic E-state index is 0.0855. The number of methoxy groups -OCH3 is 1. The van der Waals surface area contributed by atoms with E-state index in [2.05, 4.69) is 5.32 Å². The third-order valence-electron chi connectivity index (χ3n) is 3.45.